The number of amides is 1. The highest BCUT2D eigenvalue weighted by atomic mass is 32.2. The number of benzene rings is 2. The highest BCUT2D eigenvalue weighted by Gasteiger charge is 2.24. The second kappa shape index (κ2) is 9.07. The zero-order valence-corrected chi connectivity index (χ0v) is 18.9. The van der Waals surface area contributed by atoms with Gasteiger partial charge in [-0.1, -0.05) is 6.07 Å². The van der Waals surface area contributed by atoms with E-state index in [9.17, 15) is 23.3 Å². The Hall–Kier alpha value is -3.66. The number of rotatable bonds is 6. The molecule has 0 saturated carbocycles. The molecule has 9 nitrogen and oxygen atoms in total. The highest BCUT2D eigenvalue weighted by Crippen LogP contribution is 2.26. The fourth-order valence-electron chi connectivity index (χ4n) is 3.99. The van der Waals surface area contributed by atoms with Crippen LogP contribution in [0.25, 0.3) is 0 Å². The van der Waals surface area contributed by atoms with Gasteiger partial charge in [0.25, 0.3) is 21.6 Å². The van der Waals surface area contributed by atoms with Crippen LogP contribution in [0.15, 0.2) is 71.9 Å². The maximum absolute atomic E-state index is 12.9. The second-order valence-electron chi connectivity index (χ2n) is 8.04. The average Bonchev–Trinajstić information content (AvgIpc) is 3.34. The van der Waals surface area contributed by atoms with Gasteiger partial charge in [-0.05, 0) is 62.2 Å². The number of sulfonamides is 1. The topological polar surface area (TPSA) is 115 Å². The first-order valence-electron chi connectivity index (χ1n) is 10.5. The van der Waals surface area contributed by atoms with E-state index in [1.807, 2.05) is 29.4 Å². The first-order valence-corrected chi connectivity index (χ1v) is 12.0. The van der Waals surface area contributed by atoms with Crippen molar-refractivity contribution in [2.45, 2.75) is 30.7 Å². The van der Waals surface area contributed by atoms with Crippen molar-refractivity contribution in [1.29, 1.82) is 0 Å². The number of nitro benzene ring substituents is 1. The molecule has 3 aromatic rings. The third-order valence-corrected chi connectivity index (χ3v) is 7.25. The maximum atomic E-state index is 12.9. The van der Waals surface area contributed by atoms with Crippen molar-refractivity contribution in [2.24, 2.45) is 0 Å². The number of carbonyl (C=O) groups excluding carboxylic acids is 1. The summed E-state index contributed by atoms with van der Waals surface area (Å²) >= 11 is 0. The molecule has 1 N–H and O–H groups in total. The number of carbonyl (C=O) groups is 1. The van der Waals surface area contributed by atoms with Crippen LogP contribution in [0.2, 0.25) is 0 Å². The number of nitrogens with zero attached hydrogens (tertiary/aromatic N) is 3. The van der Waals surface area contributed by atoms with Gasteiger partial charge in [0.1, 0.15) is 0 Å². The van der Waals surface area contributed by atoms with Crippen molar-refractivity contribution in [2.75, 3.05) is 17.8 Å². The van der Waals surface area contributed by atoms with Crippen LogP contribution < -0.4 is 4.72 Å². The van der Waals surface area contributed by atoms with Gasteiger partial charge in [-0.2, -0.15) is 0 Å². The number of nitro groups is 1. The predicted octanol–water partition coefficient (Wildman–Crippen LogP) is 3.98. The molecule has 0 atom stereocenters. The Morgan fingerprint density at radius 1 is 1.06 bits per heavy atom. The molecule has 1 amide bonds. The molecule has 0 aliphatic carbocycles. The van der Waals surface area contributed by atoms with E-state index in [1.54, 1.807) is 19.1 Å². The normalized spacial score (nSPS) is 14.8. The zero-order valence-electron chi connectivity index (χ0n) is 18.0. The summed E-state index contributed by atoms with van der Waals surface area (Å²) in [5.41, 5.74) is 0.850. The standard InChI is InChI=1S/C23H24N4O5S/c1-17-4-9-21(16-22(17)27(29)30)33(31,32)24-19-7-5-18(6-8-19)23(28)26-14-10-20(11-15-26)25-12-2-3-13-25/h2-9,12-13,16,20,24H,10-11,14-15H2,1H3. The smallest absolute Gasteiger partial charge is 0.273 e. The van der Waals surface area contributed by atoms with Gasteiger partial charge in [0.2, 0.25) is 0 Å². The largest absolute Gasteiger partial charge is 0.351 e. The molecule has 33 heavy (non-hydrogen) atoms. The van der Waals surface area contributed by atoms with E-state index < -0.39 is 14.9 Å². The van der Waals surface area contributed by atoms with E-state index in [0.717, 1.165) is 18.9 Å². The first kappa shape index (κ1) is 22.5. The zero-order chi connectivity index (χ0) is 23.6. The molecule has 1 aromatic heterocycles. The predicted molar refractivity (Wildman–Crippen MR) is 124 cm³/mol. The third-order valence-electron chi connectivity index (χ3n) is 5.87. The van der Waals surface area contributed by atoms with Crippen LogP contribution in [0.5, 0.6) is 0 Å². The molecular weight excluding hydrogens is 444 g/mol. The summed E-state index contributed by atoms with van der Waals surface area (Å²) in [5.74, 6) is -0.0930. The molecular formula is C23H24N4O5S. The molecule has 10 heteroatoms. The van der Waals surface area contributed by atoms with Crippen LogP contribution >= 0.6 is 0 Å². The number of aryl methyl sites for hydroxylation is 1. The number of nitrogens with one attached hydrogen (secondary N) is 1. The Morgan fingerprint density at radius 3 is 2.30 bits per heavy atom. The summed E-state index contributed by atoms with van der Waals surface area (Å²) in [6.07, 6.45) is 5.83. The van der Waals surface area contributed by atoms with Crippen LogP contribution in [0.4, 0.5) is 11.4 Å². The van der Waals surface area contributed by atoms with Gasteiger partial charge in [0.15, 0.2) is 0 Å². The Bertz CT molecular complexity index is 1260. The van der Waals surface area contributed by atoms with Gasteiger partial charge in [0.05, 0.1) is 9.82 Å². The van der Waals surface area contributed by atoms with E-state index in [0.29, 0.717) is 30.3 Å². The number of hydrogen-bond donors (Lipinski definition) is 1. The van der Waals surface area contributed by atoms with Crippen LogP contribution in [-0.2, 0) is 10.0 Å². The minimum Gasteiger partial charge on any atom is -0.351 e. The lowest BCUT2D eigenvalue weighted by atomic mass is 10.0. The number of aromatic nitrogens is 1. The lowest BCUT2D eigenvalue weighted by molar-refractivity contribution is -0.385. The Balaban J connectivity index is 1.41. The molecule has 0 bridgehead atoms. The van der Waals surface area contributed by atoms with Crippen molar-refractivity contribution in [3.05, 3.63) is 88.2 Å². The number of likely N-dealkylation sites (tertiary alicyclic amines) is 1. The summed E-state index contributed by atoms with van der Waals surface area (Å²) in [5, 5.41) is 11.1. The third kappa shape index (κ3) is 4.90. The Labute approximate surface area is 191 Å². The lowest BCUT2D eigenvalue weighted by Gasteiger charge is -2.32. The van der Waals surface area contributed by atoms with Gasteiger partial charge < -0.3 is 9.47 Å². The van der Waals surface area contributed by atoms with Gasteiger partial charge in [-0.3, -0.25) is 19.6 Å². The van der Waals surface area contributed by atoms with E-state index in [2.05, 4.69) is 9.29 Å². The maximum Gasteiger partial charge on any atom is 0.273 e. The summed E-state index contributed by atoms with van der Waals surface area (Å²) in [6.45, 7) is 2.85. The van der Waals surface area contributed by atoms with Gasteiger partial charge >= 0.3 is 0 Å². The second-order valence-corrected chi connectivity index (χ2v) is 9.72. The molecule has 0 radical (unpaired) electrons. The summed E-state index contributed by atoms with van der Waals surface area (Å²) in [6, 6.07) is 14.3. The van der Waals surface area contributed by atoms with E-state index >= 15 is 0 Å². The fourth-order valence-corrected chi connectivity index (χ4v) is 5.07. The SMILES string of the molecule is Cc1ccc(S(=O)(=O)Nc2ccc(C(=O)N3CCC(n4cccc4)CC3)cc2)cc1[N+](=O)[O-]. The molecule has 2 aromatic carbocycles. The number of piperidine rings is 1. The molecule has 1 aliphatic rings. The highest BCUT2D eigenvalue weighted by molar-refractivity contribution is 7.92. The lowest BCUT2D eigenvalue weighted by Crippen LogP contribution is -2.38. The molecule has 1 fully saturated rings. The van der Waals surface area contributed by atoms with Crippen LogP contribution in [0.1, 0.15) is 34.8 Å². The molecule has 2 heterocycles. The molecule has 0 spiro atoms. The van der Waals surface area contributed by atoms with Crippen molar-refractivity contribution in [1.82, 2.24) is 9.47 Å². The van der Waals surface area contributed by atoms with Gasteiger partial charge in [-0.15, -0.1) is 0 Å². The average molecular weight is 469 g/mol. The van der Waals surface area contributed by atoms with E-state index in [-0.39, 0.29) is 22.2 Å². The van der Waals surface area contributed by atoms with Crippen molar-refractivity contribution >= 4 is 27.3 Å². The number of hydrogen-bond acceptors (Lipinski definition) is 5. The molecule has 1 saturated heterocycles. The molecule has 0 unspecified atom stereocenters. The quantitative estimate of drug-likeness (QED) is 0.434. The number of anilines is 1. The minimum absolute atomic E-state index is 0.0930. The Morgan fingerprint density at radius 2 is 1.70 bits per heavy atom. The van der Waals surface area contributed by atoms with E-state index in [4.69, 9.17) is 0 Å². The fraction of sp³-hybridized carbons (Fsp3) is 0.261. The van der Waals surface area contributed by atoms with Crippen LogP contribution in [0.3, 0.4) is 0 Å². The van der Waals surface area contributed by atoms with Crippen LogP contribution in [0, 0.1) is 17.0 Å². The van der Waals surface area contributed by atoms with Crippen molar-refractivity contribution in [3.8, 4) is 0 Å². The Kier molecular flexibility index (Phi) is 6.19. The summed E-state index contributed by atoms with van der Waals surface area (Å²) in [4.78, 5) is 25.0. The van der Waals surface area contributed by atoms with E-state index in [1.165, 1.54) is 24.3 Å². The van der Waals surface area contributed by atoms with Gasteiger partial charge in [-0.25, -0.2) is 8.42 Å². The molecule has 4 rings (SSSR count). The van der Waals surface area contributed by atoms with Crippen molar-refractivity contribution < 1.29 is 18.1 Å². The van der Waals surface area contributed by atoms with Crippen LogP contribution in [-0.4, -0.2) is 41.8 Å². The van der Waals surface area contributed by atoms with Gasteiger partial charge in [0, 0.05) is 54.4 Å². The monoisotopic (exact) mass is 468 g/mol. The summed E-state index contributed by atoms with van der Waals surface area (Å²) in [7, 11) is -4.02. The summed E-state index contributed by atoms with van der Waals surface area (Å²) < 4.78 is 29.9. The molecule has 1 aliphatic heterocycles. The minimum atomic E-state index is -4.02. The first-order chi connectivity index (χ1) is 15.7. The molecule has 172 valence electrons. The van der Waals surface area contributed by atoms with Crippen molar-refractivity contribution in [3.63, 3.8) is 0 Å².